The number of hydrogen-bond donors (Lipinski definition) is 0. The highest BCUT2D eigenvalue weighted by Crippen LogP contribution is 2.21. The normalized spacial score (nSPS) is 10.9. The van der Waals surface area contributed by atoms with Gasteiger partial charge in [-0.25, -0.2) is 0 Å². The van der Waals surface area contributed by atoms with Crippen LogP contribution in [0, 0.1) is 6.07 Å². The molecule has 0 unspecified atom stereocenters. The first-order valence-corrected chi connectivity index (χ1v) is 8.84. The van der Waals surface area contributed by atoms with Crippen molar-refractivity contribution in [1.29, 1.82) is 0 Å². The van der Waals surface area contributed by atoms with E-state index in [4.69, 9.17) is 0 Å². The average molecular weight is 273 g/mol. The van der Waals surface area contributed by atoms with Crippen molar-refractivity contribution in [2.75, 3.05) is 0 Å². The van der Waals surface area contributed by atoms with E-state index in [1.165, 1.54) is 76.2 Å². The molecule has 113 valence electrons. The lowest BCUT2D eigenvalue weighted by Crippen LogP contribution is -2.01. The molecule has 20 heavy (non-hydrogen) atoms. The van der Waals surface area contributed by atoms with Crippen LogP contribution in [-0.4, -0.2) is 0 Å². The van der Waals surface area contributed by atoms with Gasteiger partial charge < -0.3 is 0 Å². The third-order valence-electron chi connectivity index (χ3n) is 4.12. The SMILES string of the molecule is CCCCCCc1[c]ccc(CCC)c1CCCCC. The first-order valence-electron chi connectivity index (χ1n) is 8.84. The zero-order valence-corrected chi connectivity index (χ0v) is 13.9. The van der Waals surface area contributed by atoms with Crippen molar-refractivity contribution in [3.05, 3.63) is 34.9 Å². The van der Waals surface area contributed by atoms with Crippen LogP contribution in [0.15, 0.2) is 12.1 Å². The second kappa shape index (κ2) is 10.9. The van der Waals surface area contributed by atoms with Crippen molar-refractivity contribution < 1.29 is 0 Å². The summed E-state index contributed by atoms with van der Waals surface area (Å²) in [4.78, 5) is 0. The Labute approximate surface area is 127 Å². The highest BCUT2D eigenvalue weighted by molar-refractivity contribution is 5.35. The molecule has 0 heteroatoms. The standard InChI is InChI=1S/C20H33/c1-4-7-9-11-14-19-16-12-15-18(13-6-3)20(19)17-10-8-5-2/h12,15H,4-11,13-14,17H2,1-3H3. The van der Waals surface area contributed by atoms with Crippen LogP contribution in [0.1, 0.15) is 88.8 Å². The Bertz CT molecular complexity index is 351. The largest absolute Gasteiger partial charge is 0.0654 e. The van der Waals surface area contributed by atoms with Crippen LogP contribution in [-0.2, 0) is 19.3 Å². The van der Waals surface area contributed by atoms with Gasteiger partial charge >= 0.3 is 0 Å². The lowest BCUT2D eigenvalue weighted by atomic mass is 9.91. The minimum Gasteiger partial charge on any atom is -0.0654 e. The fraction of sp³-hybridized carbons (Fsp3) is 0.700. The predicted molar refractivity (Wildman–Crippen MR) is 90.3 cm³/mol. The zero-order chi connectivity index (χ0) is 14.6. The molecule has 1 aromatic carbocycles. The van der Waals surface area contributed by atoms with E-state index in [0.29, 0.717) is 0 Å². The van der Waals surface area contributed by atoms with Crippen LogP contribution in [0.5, 0.6) is 0 Å². The van der Waals surface area contributed by atoms with E-state index in [2.05, 4.69) is 39.0 Å². The maximum absolute atomic E-state index is 3.54. The van der Waals surface area contributed by atoms with Gasteiger partial charge in [-0.15, -0.1) is 0 Å². The molecule has 0 heterocycles. The first-order chi connectivity index (χ1) is 9.83. The first kappa shape index (κ1) is 17.3. The minimum absolute atomic E-state index is 1.23. The number of rotatable bonds is 11. The fourth-order valence-electron chi connectivity index (χ4n) is 2.94. The highest BCUT2D eigenvalue weighted by Gasteiger charge is 2.08. The third-order valence-corrected chi connectivity index (χ3v) is 4.12. The molecule has 0 aliphatic rings. The van der Waals surface area contributed by atoms with Crippen LogP contribution in [0.4, 0.5) is 0 Å². The molecular formula is C20H33. The van der Waals surface area contributed by atoms with Crippen molar-refractivity contribution in [3.63, 3.8) is 0 Å². The van der Waals surface area contributed by atoms with Crippen LogP contribution < -0.4 is 0 Å². The molecule has 0 atom stereocenters. The van der Waals surface area contributed by atoms with Gasteiger partial charge in [-0.1, -0.05) is 71.4 Å². The van der Waals surface area contributed by atoms with E-state index >= 15 is 0 Å². The van der Waals surface area contributed by atoms with Gasteiger partial charge in [-0.05, 0) is 54.9 Å². The van der Waals surface area contributed by atoms with Crippen LogP contribution in [0.25, 0.3) is 0 Å². The van der Waals surface area contributed by atoms with Crippen molar-refractivity contribution in [3.8, 4) is 0 Å². The van der Waals surface area contributed by atoms with Crippen LogP contribution in [0.3, 0.4) is 0 Å². The molecule has 0 N–H and O–H groups in total. The summed E-state index contributed by atoms with van der Waals surface area (Å²) in [6.45, 7) is 6.85. The van der Waals surface area contributed by atoms with Crippen molar-refractivity contribution in [2.45, 2.75) is 91.4 Å². The fourth-order valence-corrected chi connectivity index (χ4v) is 2.94. The lowest BCUT2D eigenvalue weighted by Gasteiger charge is -2.14. The third kappa shape index (κ3) is 6.11. The van der Waals surface area contributed by atoms with Crippen LogP contribution >= 0.6 is 0 Å². The quantitative estimate of drug-likeness (QED) is 0.415. The molecule has 1 aromatic rings. The highest BCUT2D eigenvalue weighted by atomic mass is 14.1. The summed E-state index contributed by atoms with van der Waals surface area (Å²) in [5, 5.41) is 0. The Morgan fingerprint density at radius 3 is 2.15 bits per heavy atom. The molecule has 1 rings (SSSR count). The van der Waals surface area contributed by atoms with E-state index in [1.54, 1.807) is 11.1 Å². The molecule has 0 spiro atoms. The minimum atomic E-state index is 1.23. The molecule has 0 amide bonds. The smallest absolute Gasteiger partial charge is 0.0146 e. The topological polar surface area (TPSA) is 0 Å². The number of aryl methyl sites for hydroxylation is 2. The average Bonchev–Trinajstić information content (AvgIpc) is 2.46. The summed E-state index contributed by atoms with van der Waals surface area (Å²) in [5.41, 5.74) is 4.75. The number of benzene rings is 1. The Balaban J connectivity index is 2.70. The van der Waals surface area contributed by atoms with E-state index in [0.717, 1.165) is 0 Å². The summed E-state index contributed by atoms with van der Waals surface area (Å²) in [7, 11) is 0. The summed E-state index contributed by atoms with van der Waals surface area (Å²) < 4.78 is 0. The lowest BCUT2D eigenvalue weighted by molar-refractivity contribution is 0.657. The Morgan fingerprint density at radius 1 is 0.750 bits per heavy atom. The molecule has 0 nitrogen and oxygen atoms in total. The Kier molecular flexibility index (Phi) is 9.45. The van der Waals surface area contributed by atoms with Gasteiger partial charge in [0.05, 0.1) is 0 Å². The molecule has 0 aliphatic carbocycles. The maximum atomic E-state index is 3.54. The molecule has 0 aromatic heterocycles. The van der Waals surface area contributed by atoms with Gasteiger partial charge in [-0.3, -0.25) is 0 Å². The Hall–Kier alpha value is -0.780. The van der Waals surface area contributed by atoms with Crippen LogP contribution in [0.2, 0.25) is 0 Å². The van der Waals surface area contributed by atoms with Gasteiger partial charge in [-0.2, -0.15) is 0 Å². The van der Waals surface area contributed by atoms with E-state index < -0.39 is 0 Å². The zero-order valence-electron chi connectivity index (χ0n) is 13.9. The predicted octanol–water partition coefficient (Wildman–Crippen LogP) is 6.29. The monoisotopic (exact) mass is 273 g/mol. The molecular weight excluding hydrogens is 240 g/mol. The molecule has 0 fully saturated rings. The van der Waals surface area contributed by atoms with Crippen molar-refractivity contribution >= 4 is 0 Å². The molecule has 1 radical (unpaired) electrons. The van der Waals surface area contributed by atoms with Crippen molar-refractivity contribution in [2.24, 2.45) is 0 Å². The van der Waals surface area contributed by atoms with Gasteiger partial charge in [0.2, 0.25) is 0 Å². The van der Waals surface area contributed by atoms with Crippen molar-refractivity contribution in [1.82, 2.24) is 0 Å². The van der Waals surface area contributed by atoms with Gasteiger partial charge in [0.15, 0.2) is 0 Å². The molecule has 0 saturated heterocycles. The molecule has 0 bridgehead atoms. The number of unbranched alkanes of at least 4 members (excludes halogenated alkanes) is 5. The summed E-state index contributed by atoms with van der Waals surface area (Å²) in [6, 6.07) is 8.00. The summed E-state index contributed by atoms with van der Waals surface area (Å²) in [5.74, 6) is 0. The number of hydrogen-bond acceptors (Lipinski definition) is 0. The van der Waals surface area contributed by atoms with Gasteiger partial charge in [0.1, 0.15) is 0 Å². The molecule has 0 aliphatic heterocycles. The second-order valence-electron chi connectivity index (χ2n) is 5.98. The molecule has 0 saturated carbocycles. The van der Waals surface area contributed by atoms with E-state index in [1.807, 2.05) is 0 Å². The Morgan fingerprint density at radius 2 is 1.45 bits per heavy atom. The summed E-state index contributed by atoms with van der Waals surface area (Å²) in [6.07, 6.45) is 14.4. The maximum Gasteiger partial charge on any atom is -0.0146 e. The second-order valence-corrected chi connectivity index (χ2v) is 5.98. The summed E-state index contributed by atoms with van der Waals surface area (Å²) >= 11 is 0. The van der Waals surface area contributed by atoms with E-state index in [-0.39, 0.29) is 0 Å². The van der Waals surface area contributed by atoms with Gasteiger partial charge in [0, 0.05) is 0 Å². The van der Waals surface area contributed by atoms with Gasteiger partial charge in [0.25, 0.3) is 0 Å². The van der Waals surface area contributed by atoms with E-state index in [9.17, 15) is 0 Å².